The zero-order valence-electron chi connectivity index (χ0n) is 54.2. The first-order chi connectivity index (χ1) is 46.5. The summed E-state index contributed by atoms with van der Waals surface area (Å²) in [5.74, 6) is 0. The highest BCUT2D eigenvalue weighted by Gasteiger charge is 2.55. The number of nitrogens with zero attached hydrogens (tertiary/aromatic N) is 6. The molecule has 0 aromatic heterocycles. The Morgan fingerprint density at radius 2 is 0.526 bits per heavy atom. The van der Waals surface area contributed by atoms with Crippen LogP contribution in [0.2, 0.25) is 0 Å². The predicted molar refractivity (Wildman–Crippen MR) is 406 cm³/mol. The summed E-state index contributed by atoms with van der Waals surface area (Å²) in [4.78, 5) is 15.6. The third kappa shape index (κ3) is 8.21. The van der Waals surface area contributed by atoms with Gasteiger partial charge in [-0.3, -0.25) is 0 Å². The van der Waals surface area contributed by atoms with Crippen molar-refractivity contribution in [2.45, 2.75) is 52.4 Å². The van der Waals surface area contributed by atoms with Crippen molar-refractivity contribution in [2.24, 2.45) is 0 Å². The second-order valence-electron chi connectivity index (χ2n) is 28.5. The molecule has 0 bridgehead atoms. The van der Waals surface area contributed by atoms with Crippen LogP contribution in [0.3, 0.4) is 0 Å². The Bertz CT molecular complexity index is 4860. The number of benzene rings is 13. The van der Waals surface area contributed by atoms with Crippen LogP contribution in [-0.2, 0) is 10.8 Å². The van der Waals surface area contributed by atoms with Crippen molar-refractivity contribution in [3.8, 4) is 0 Å². The number of fused-ring (bicyclic) bond motifs is 14. The van der Waals surface area contributed by atoms with Crippen molar-refractivity contribution in [3.05, 3.63) is 308 Å². The number of anilines is 18. The van der Waals surface area contributed by atoms with Crippen molar-refractivity contribution in [2.75, 3.05) is 29.4 Å². The van der Waals surface area contributed by atoms with Crippen molar-refractivity contribution in [1.82, 2.24) is 0 Å². The second kappa shape index (κ2) is 20.7. The van der Waals surface area contributed by atoms with Gasteiger partial charge >= 0.3 is 0 Å². The highest BCUT2D eigenvalue weighted by Crippen LogP contribution is 2.54. The van der Waals surface area contributed by atoms with E-state index >= 15 is 0 Å². The monoisotopic (exact) mass is 1220 g/mol. The maximum atomic E-state index is 2.76. The van der Waals surface area contributed by atoms with E-state index in [0.29, 0.717) is 0 Å². The molecule has 13 aromatic rings. The van der Waals surface area contributed by atoms with Gasteiger partial charge < -0.3 is 29.4 Å². The van der Waals surface area contributed by atoms with E-state index in [4.69, 9.17) is 0 Å². The predicted octanol–water partition coefficient (Wildman–Crippen LogP) is 16.5. The molecule has 0 amide bonds. The van der Waals surface area contributed by atoms with E-state index in [1.165, 1.54) is 117 Å². The molecule has 6 aliphatic rings. The molecule has 0 unspecified atom stereocenters. The van der Waals surface area contributed by atoms with Crippen LogP contribution in [0.5, 0.6) is 0 Å². The Balaban J connectivity index is 0.989. The van der Waals surface area contributed by atoms with Gasteiger partial charge in [-0.25, -0.2) is 0 Å². The fraction of sp³-hybridized carbons (Fsp3) is 0.0930. The average molecular weight is 1220 g/mol. The number of hydrogen-bond donors (Lipinski definition) is 0. The molecule has 19 rings (SSSR count). The first-order valence-electron chi connectivity index (χ1n) is 33.6. The lowest BCUT2D eigenvalue weighted by atomic mass is 9.25. The summed E-state index contributed by atoms with van der Waals surface area (Å²) in [6, 6.07) is 112. The molecule has 0 saturated carbocycles. The van der Waals surface area contributed by atoms with Gasteiger partial charge in [0, 0.05) is 91.0 Å². The lowest BCUT2D eigenvalue weighted by Crippen LogP contribution is -2.72. The fourth-order valence-corrected chi connectivity index (χ4v) is 16.9. The zero-order chi connectivity index (χ0) is 63.6. The van der Waals surface area contributed by atoms with E-state index in [1.807, 2.05) is 0 Å². The van der Waals surface area contributed by atoms with E-state index in [2.05, 4.69) is 368 Å². The van der Waals surface area contributed by atoms with E-state index in [9.17, 15) is 0 Å². The molecule has 0 N–H and O–H groups in total. The van der Waals surface area contributed by atoms with E-state index < -0.39 is 0 Å². The highest BCUT2D eigenvalue weighted by atomic mass is 15.2. The Hall–Kier alpha value is -11.1. The maximum Gasteiger partial charge on any atom is 0.252 e. The molecular weight excluding hydrogens is 1150 g/mol. The zero-order valence-corrected chi connectivity index (χ0v) is 54.2. The van der Waals surface area contributed by atoms with Gasteiger partial charge in [0.15, 0.2) is 0 Å². The minimum absolute atomic E-state index is 0.123. The fourth-order valence-electron chi connectivity index (χ4n) is 16.9. The molecule has 6 aliphatic heterocycles. The normalized spacial score (nSPS) is 13.9. The van der Waals surface area contributed by atoms with Gasteiger partial charge in [-0.15, -0.1) is 0 Å². The molecule has 0 aliphatic carbocycles. The van der Waals surface area contributed by atoms with Gasteiger partial charge in [0.1, 0.15) is 0 Å². The van der Waals surface area contributed by atoms with Crippen LogP contribution in [0, 0.1) is 0 Å². The van der Waals surface area contributed by atoms with E-state index in [0.717, 1.165) is 45.5 Å². The molecule has 13 aromatic carbocycles. The van der Waals surface area contributed by atoms with Crippen molar-refractivity contribution in [3.63, 3.8) is 0 Å². The highest BCUT2D eigenvalue weighted by molar-refractivity contribution is 7.07. The standard InChI is InChI=1S/C86H67B3N6/c1-85(2,3)56-45-47-68-74(49-56)94-78-53-64(90(58-29-13-7-14-30-58)59-31-15-8-16-32-59)51-76-80(78)88(66-41-25-27-43-72(66)92(76)62-37-21-11-22-38-62)70-55-71-84-82(83(70)94)87(68)69-48-46-57(86(4,5)6)50-75(69)95(84)79-54-65(91(60-33-17-9-18-34-60)61-35-19-10-20-36-61)52-77-81(79)89(71)67-42-26-28-44-73(67)93(77)63-39-23-12-24-40-63/h7-55H,1-6H3. The van der Waals surface area contributed by atoms with Gasteiger partial charge in [-0.05, 0) is 192 Å². The van der Waals surface area contributed by atoms with Crippen LogP contribution >= 0.6 is 0 Å². The van der Waals surface area contributed by atoms with E-state index in [-0.39, 0.29) is 31.0 Å². The van der Waals surface area contributed by atoms with Crippen LogP contribution in [0.1, 0.15) is 52.7 Å². The molecule has 0 spiro atoms. The first-order valence-corrected chi connectivity index (χ1v) is 33.6. The third-order valence-electron chi connectivity index (χ3n) is 21.0. The molecule has 450 valence electrons. The van der Waals surface area contributed by atoms with Crippen LogP contribution in [-0.4, -0.2) is 20.1 Å². The van der Waals surface area contributed by atoms with Crippen LogP contribution in [0.4, 0.5) is 102 Å². The Morgan fingerprint density at radius 3 is 0.874 bits per heavy atom. The molecule has 6 nitrogen and oxygen atoms in total. The van der Waals surface area contributed by atoms with Gasteiger partial charge in [0.25, 0.3) is 20.1 Å². The summed E-state index contributed by atoms with van der Waals surface area (Å²) in [6.07, 6.45) is 0. The largest absolute Gasteiger partial charge is 0.312 e. The summed E-state index contributed by atoms with van der Waals surface area (Å²) < 4.78 is 0. The average Bonchev–Trinajstić information content (AvgIpc) is 0.659. The van der Waals surface area contributed by atoms with Crippen molar-refractivity contribution < 1.29 is 0 Å². The van der Waals surface area contributed by atoms with Gasteiger partial charge in [-0.1, -0.05) is 217 Å². The van der Waals surface area contributed by atoms with Crippen molar-refractivity contribution >= 4 is 172 Å². The number of para-hydroxylation sites is 8. The first kappa shape index (κ1) is 55.5. The molecular formula is C86H67B3N6. The molecule has 0 saturated heterocycles. The molecule has 0 fully saturated rings. The van der Waals surface area contributed by atoms with Gasteiger partial charge in [0.2, 0.25) is 0 Å². The topological polar surface area (TPSA) is 19.4 Å². The molecule has 0 atom stereocenters. The maximum absolute atomic E-state index is 2.76. The molecule has 6 heterocycles. The van der Waals surface area contributed by atoms with Crippen LogP contribution < -0.4 is 78.6 Å². The Labute approximate surface area is 558 Å². The van der Waals surface area contributed by atoms with Crippen LogP contribution in [0.15, 0.2) is 297 Å². The minimum Gasteiger partial charge on any atom is -0.312 e. The lowest BCUT2D eigenvalue weighted by molar-refractivity contribution is 0.590. The quantitative estimate of drug-likeness (QED) is 0.140. The van der Waals surface area contributed by atoms with Crippen LogP contribution in [0.25, 0.3) is 0 Å². The summed E-state index contributed by atoms with van der Waals surface area (Å²) in [6.45, 7) is 13.8. The summed E-state index contributed by atoms with van der Waals surface area (Å²) in [5, 5.41) is 0. The second-order valence-corrected chi connectivity index (χ2v) is 28.5. The summed E-state index contributed by atoms with van der Waals surface area (Å²) >= 11 is 0. The van der Waals surface area contributed by atoms with E-state index in [1.54, 1.807) is 0 Å². The Kier molecular flexibility index (Phi) is 12.1. The summed E-state index contributed by atoms with van der Waals surface area (Å²) in [7, 11) is 0. The summed E-state index contributed by atoms with van der Waals surface area (Å²) in [5.41, 5.74) is 35.0. The number of hydrogen-bond acceptors (Lipinski definition) is 6. The third-order valence-corrected chi connectivity index (χ3v) is 21.0. The van der Waals surface area contributed by atoms with Crippen molar-refractivity contribution in [1.29, 1.82) is 0 Å². The number of rotatable bonds is 8. The molecule has 95 heavy (non-hydrogen) atoms. The lowest BCUT2D eigenvalue weighted by Gasteiger charge is -2.53. The molecule has 0 radical (unpaired) electrons. The Morgan fingerprint density at radius 1 is 0.232 bits per heavy atom. The molecule has 9 heteroatoms. The smallest absolute Gasteiger partial charge is 0.252 e. The van der Waals surface area contributed by atoms with Gasteiger partial charge in [-0.2, -0.15) is 0 Å². The minimum atomic E-state index is -0.153. The SMILES string of the molecule is CC(C)(C)c1ccc2c(c1)N1c3cc(N(c4ccccc4)c4ccccc4)cc4c3B(c3ccccc3N4c3ccccc3)c3cc4c5c(c31)B2c1ccc(C(C)(C)C)cc1N5c1cc(N(c2ccccc2)c2ccccc2)cc2c1B4c1ccccc1N2c1ccccc1. The van der Waals surface area contributed by atoms with Gasteiger partial charge in [0.05, 0.1) is 11.4 Å².